The summed E-state index contributed by atoms with van der Waals surface area (Å²) in [4.78, 5) is 23.5. The van der Waals surface area contributed by atoms with Crippen LogP contribution >= 0.6 is 0 Å². The smallest absolute Gasteiger partial charge is 0.409 e. The number of rotatable bonds is 4. The van der Waals surface area contributed by atoms with Crippen molar-refractivity contribution in [1.29, 1.82) is 0 Å². The first-order valence-electron chi connectivity index (χ1n) is 5.57. The minimum Gasteiger partial charge on any atom is -0.449 e. The van der Waals surface area contributed by atoms with Crippen molar-refractivity contribution in [2.24, 2.45) is 5.92 Å². The van der Waals surface area contributed by atoms with Crippen molar-refractivity contribution < 1.29 is 14.3 Å². The van der Waals surface area contributed by atoms with Crippen LogP contribution in [0.2, 0.25) is 0 Å². The van der Waals surface area contributed by atoms with Crippen molar-refractivity contribution >= 4 is 12.4 Å². The summed E-state index contributed by atoms with van der Waals surface area (Å²) < 4.78 is 5.08. The fourth-order valence-electron chi connectivity index (χ4n) is 1.58. The summed E-state index contributed by atoms with van der Waals surface area (Å²) >= 11 is 0. The first-order chi connectivity index (χ1) is 7.27. The van der Waals surface area contributed by atoms with E-state index in [2.05, 4.69) is 6.92 Å². The van der Waals surface area contributed by atoms with Crippen LogP contribution in [0.25, 0.3) is 0 Å². The first-order valence-corrected chi connectivity index (χ1v) is 5.57. The normalized spacial score (nSPS) is 17.5. The molecule has 4 nitrogen and oxygen atoms in total. The number of hydrogen-bond acceptors (Lipinski definition) is 3. The van der Waals surface area contributed by atoms with E-state index in [-0.39, 0.29) is 12.0 Å². The molecule has 1 radical (unpaired) electrons. The van der Waals surface area contributed by atoms with Crippen molar-refractivity contribution in [3.8, 4) is 0 Å². The fourth-order valence-corrected chi connectivity index (χ4v) is 1.58. The minimum absolute atomic E-state index is 0.00434. The minimum atomic E-state index is -0.243. The van der Waals surface area contributed by atoms with E-state index >= 15 is 0 Å². The van der Waals surface area contributed by atoms with Gasteiger partial charge in [-0.05, 0) is 19.3 Å². The maximum atomic E-state index is 11.5. The molecule has 15 heavy (non-hydrogen) atoms. The average molecular weight is 212 g/mol. The molecule has 1 amide bonds. The highest BCUT2D eigenvalue weighted by Crippen LogP contribution is 2.15. The number of hydrogen-bond donors (Lipinski definition) is 0. The van der Waals surface area contributed by atoms with Gasteiger partial charge in [0.05, 0.1) is 6.61 Å². The Labute approximate surface area is 90.6 Å². The number of carbonyl (C=O) groups excluding carboxylic acids is 2. The van der Waals surface area contributed by atoms with Crippen LogP contribution < -0.4 is 0 Å². The van der Waals surface area contributed by atoms with Gasteiger partial charge in [-0.3, -0.25) is 4.79 Å². The molecule has 1 fully saturated rings. The zero-order valence-corrected chi connectivity index (χ0v) is 9.20. The molecule has 0 aromatic heterocycles. The molecule has 0 aromatic carbocycles. The molecule has 1 aliphatic rings. The topological polar surface area (TPSA) is 46.6 Å². The molecule has 0 N–H and O–H groups in total. The van der Waals surface area contributed by atoms with Gasteiger partial charge in [-0.15, -0.1) is 0 Å². The molecule has 0 aliphatic carbocycles. The molecular weight excluding hydrogens is 194 g/mol. The Bertz CT molecular complexity index is 210. The van der Waals surface area contributed by atoms with Gasteiger partial charge in [0.25, 0.3) is 0 Å². The Morgan fingerprint density at radius 2 is 2.13 bits per heavy atom. The molecule has 4 heteroatoms. The summed E-state index contributed by atoms with van der Waals surface area (Å²) in [5, 5.41) is 0. The third-order valence-corrected chi connectivity index (χ3v) is 2.64. The molecule has 1 rings (SSSR count). The number of ether oxygens (including phenoxy) is 1. The summed E-state index contributed by atoms with van der Waals surface area (Å²) in [7, 11) is 0. The van der Waals surface area contributed by atoms with E-state index in [1.165, 1.54) is 0 Å². The SMILES string of the molecule is CCCCOC(=O)N1CCC([C]=O)CC1. The molecule has 0 spiro atoms. The van der Waals surface area contributed by atoms with Gasteiger partial charge in [-0.2, -0.15) is 0 Å². The van der Waals surface area contributed by atoms with E-state index in [1.807, 2.05) is 6.29 Å². The summed E-state index contributed by atoms with van der Waals surface area (Å²) in [6, 6.07) is 0. The molecule has 85 valence electrons. The molecule has 1 saturated heterocycles. The van der Waals surface area contributed by atoms with E-state index < -0.39 is 0 Å². The van der Waals surface area contributed by atoms with Crippen LogP contribution in [-0.2, 0) is 9.53 Å². The van der Waals surface area contributed by atoms with Crippen molar-refractivity contribution in [3.05, 3.63) is 0 Å². The van der Waals surface area contributed by atoms with E-state index in [0.717, 1.165) is 12.8 Å². The zero-order valence-electron chi connectivity index (χ0n) is 9.20. The molecule has 1 heterocycles. The number of likely N-dealkylation sites (tertiary alicyclic amines) is 1. The standard InChI is InChI=1S/C11H18NO3/c1-2-3-8-15-11(14)12-6-4-10(9-13)5-7-12/h10H,2-8H2,1H3. The van der Waals surface area contributed by atoms with E-state index in [0.29, 0.717) is 32.5 Å². The molecule has 0 bridgehead atoms. The van der Waals surface area contributed by atoms with Crippen molar-refractivity contribution in [2.75, 3.05) is 19.7 Å². The summed E-state index contributed by atoms with van der Waals surface area (Å²) in [5.74, 6) is 0.00434. The molecular formula is C11H18NO3. The molecule has 1 aliphatic heterocycles. The van der Waals surface area contributed by atoms with Crippen LogP contribution in [0.15, 0.2) is 0 Å². The van der Waals surface area contributed by atoms with Crippen LogP contribution in [-0.4, -0.2) is 37.0 Å². The maximum absolute atomic E-state index is 11.5. The van der Waals surface area contributed by atoms with E-state index in [9.17, 15) is 9.59 Å². The van der Waals surface area contributed by atoms with Crippen molar-refractivity contribution in [2.45, 2.75) is 32.6 Å². The third kappa shape index (κ3) is 3.90. The highest BCUT2D eigenvalue weighted by atomic mass is 16.6. The number of unbranched alkanes of at least 4 members (excludes halogenated alkanes) is 1. The Morgan fingerprint density at radius 3 is 2.67 bits per heavy atom. The summed E-state index contributed by atoms with van der Waals surface area (Å²) in [5.41, 5.74) is 0. The maximum Gasteiger partial charge on any atom is 0.409 e. The Balaban J connectivity index is 2.21. The second-order valence-corrected chi connectivity index (χ2v) is 3.85. The Morgan fingerprint density at radius 1 is 1.47 bits per heavy atom. The lowest BCUT2D eigenvalue weighted by atomic mass is 9.99. The van der Waals surface area contributed by atoms with Crippen LogP contribution in [0.3, 0.4) is 0 Å². The van der Waals surface area contributed by atoms with Crippen LogP contribution in [0.5, 0.6) is 0 Å². The van der Waals surface area contributed by atoms with E-state index in [1.54, 1.807) is 4.90 Å². The number of amides is 1. The van der Waals surface area contributed by atoms with Crippen LogP contribution in [0.1, 0.15) is 32.6 Å². The quantitative estimate of drug-likeness (QED) is 0.667. The average Bonchev–Trinajstić information content (AvgIpc) is 2.29. The number of carbonyl (C=O) groups is 1. The van der Waals surface area contributed by atoms with Gasteiger partial charge < -0.3 is 9.64 Å². The van der Waals surface area contributed by atoms with Gasteiger partial charge in [0, 0.05) is 19.0 Å². The van der Waals surface area contributed by atoms with Gasteiger partial charge in [-0.25, -0.2) is 4.79 Å². The van der Waals surface area contributed by atoms with Gasteiger partial charge in [-0.1, -0.05) is 13.3 Å². The fraction of sp³-hybridized carbons (Fsp3) is 0.818. The van der Waals surface area contributed by atoms with Crippen molar-refractivity contribution in [1.82, 2.24) is 4.90 Å². The summed E-state index contributed by atoms with van der Waals surface area (Å²) in [6.07, 6.45) is 5.10. The van der Waals surface area contributed by atoms with Gasteiger partial charge in [0.1, 0.15) is 0 Å². The number of piperidine rings is 1. The Hall–Kier alpha value is -1.06. The lowest BCUT2D eigenvalue weighted by molar-refractivity contribution is 0.0908. The zero-order chi connectivity index (χ0) is 11.1. The molecule has 0 unspecified atom stereocenters. The summed E-state index contributed by atoms with van der Waals surface area (Å²) in [6.45, 7) is 3.78. The third-order valence-electron chi connectivity index (χ3n) is 2.64. The van der Waals surface area contributed by atoms with E-state index in [4.69, 9.17) is 4.74 Å². The second-order valence-electron chi connectivity index (χ2n) is 3.85. The first kappa shape index (κ1) is 12.0. The predicted molar refractivity (Wildman–Crippen MR) is 56.2 cm³/mol. The van der Waals surface area contributed by atoms with Gasteiger partial charge >= 0.3 is 6.09 Å². The van der Waals surface area contributed by atoms with Crippen LogP contribution in [0.4, 0.5) is 4.79 Å². The van der Waals surface area contributed by atoms with Crippen LogP contribution in [0, 0.1) is 5.92 Å². The number of nitrogens with zero attached hydrogens (tertiary/aromatic N) is 1. The highest BCUT2D eigenvalue weighted by molar-refractivity contribution is 5.68. The largest absolute Gasteiger partial charge is 0.449 e. The lowest BCUT2D eigenvalue weighted by Gasteiger charge is -2.28. The molecule has 0 aromatic rings. The van der Waals surface area contributed by atoms with Gasteiger partial charge in [0.2, 0.25) is 6.29 Å². The highest BCUT2D eigenvalue weighted by Gasteiger charge is 2.23. The molecule has 0 saturated carbocycles. The monoisotopic (exact) mass is 212 g/mol. The lowest BCUT2D eigenvalue weighted by Crippen LogP contribution is -2.39. The molecule has 0 atom stereocenters. The van der Waals surface area contributed by atoms with Crippen molar-refractivity contribution in [3.63, 3.8) is 0 Å². The Kier molecular flexibility index (Phi) is 5.15. The van der Waals surface area contributed by atoms with Gasteiger partial charge in [0.15, 0.2) is 0 Å². The second kappa shape index (κ2) is 6.43. The predicted octanol–water partition coefficient (Wildman–Crippen LogP) is 1.74.